The first-order chi connectivity index (χ1) is 14.0. The third-order valence-corrected chi connectivity index (χ3v) is 5.51. The lowest BCUT2D eigenvalue weighted by Crippen LogP contribution is -2.21. The van der Waals surface area contributed by atoms with Crippen LogP contribution in [-0.4, -0.2) is 25.2 Å². The summed E-state index contributed by atoms with van der Waals surface area (Å²) in [5, 5.41) is 7.09. The van der Waals surface area contributed by atoms with E-state index in [9.17, 15) is 9.59 Å². The summed E-state index contributed by atoms with van der Waals surface area (Å²) in [6.45, 7) is 0.321. The molecule has 29 heavy (non-hydrogen) atoms. The predicted molar refractivity (Wildman–Crippen MR) is 113 cm³/mol. The van der Waals surface area contributed by atoms with Crippen molar-refractivity contribution in [2.24, 2.45) is 7.05 Å². The van der Waals surface area contributed by atoms with E-state index in [1.54, 1.807) is 31.6 Å². The van der Waals surface area contributed by atoms with Gasteiger partial charge in [-0.15, -0.1) is 11.3 Å². The number of halogens is 1. The molecule has 0 saturated heterocycles. The first-order valence-electron chi connectivity index (χ1n) is 8.71. The fourth-order valence-corrected chi connectivity index (χ4v) is 3.71. The van der Waals surface area contributed by atoms with Gasteiger partial charge in [0.2, 0.25) is 0 Å². The minimum atomic E-state index is -0.175. The molecular weight excluding hydrogens is 410 g/mol. The first kappa shape index (κ1) is 19.1. The summed E-state index contributed by atoms with van der Waals surface area (Å²) in [6, 6.07) is 14.4. The third kappa shape index (κ3) is 4.28. The van der Waals surface area contributed by atoms with E-state index in [-0.39, 0.29) is 11.5 Å². The Hall–Kier alpha value is -3.23. The second-order valence-electron chi connectivity index (χ2n) is 6.29. The highest BCUT2D eigenvalue weighted by Gasteiger charge is 2.09. The van der Waals surface area contributed by atoms with Crippen LogP contribution in [0.25, 0.3) is 16.9 Å². The molecule has 146 valence electrons. The van der Waals surface area contributed by atoms with Crippen molar-refractivity contribution >= 4 is 28.8 Å². The molecule has 0 unspecified atom stereocenters. The van der Waals surface area contributed by atoms with Crippen molar-refractivity contribution in [1.82, 2.24) is 24.6 Å². The highest BCUT2D eigenvalue weighted by Crippen LogP contribution is 2.21. The van der Waals surface area contributed by atoms with Crippen molar-refractivity contribution in [3.05, 3.63) is 86.3 Å². The molecule has 4 aromatic rings. The normalized spacial score (nSPS) is 10.8. The van der Waals surface area contributed by atoms with Crippen LogP contribution in [-0.2, 0) is 13.6 Å². The summed E-state index contributed by atoms with van der Waals surface area (Å²) >= 11 is 7.10. The summed E-state index contributed by atoms with van der Waals surface area (Å²) in [7, 11) is 1.62. The van der Waals surface area contributed by atoms with Crippen LogP contribution >= 0.6 is 22.9 Å². The number of rotatable bonds is 5. The van der Waals surface area contributed by atoms with Crippen LogP contribution in [0.5, 0.6) is 0 Å². The molecule has 0 spiro atoms. The largest absolute Gasteiger partial charge is 0.346 e. The third-order valence-electron chi connectivity index (χ3n) is 4.28. The topological polar surface area (TPSA) is 81.8 Å². The number of carbonyl (C=O) groups is 1. The van der Waals surface area contributed by atoms with E-state index in [0.29, 0.717) is 15.8 Å². The lowest BCUT2D eigenvalue weighted by Gasteiger charge is -2.05. The quantitative estimate of drug-likeness (QED) is 0.532. The molecular formula is C20H16ClN5O2S. The smallest absolute Gasteiger partial charge is 0.266 e. The average Bonchev–Trinajstić information content (AvgIpc) is 3.38. The molecule has 0 saturated carbocycles. The van der Waals surface area contributed by atoms with Crippen molar-refractivity contribution < 1.29 is 4.79 Å². The molecule has 0 bridgehead atoms. The Labute approximate surface area is 175 Å². The zero-order chi connectivity index (χ0) is 20.4. The Bertz CT molecular complexity index is 1230. The van der Waals surface area contributed by atoms with Crippen molar-refractivity contribution in [3.8, 4) is 16.9 Å². The molecule has 0 aliphatic heterocycles. The van der Waals surface area contributed by atoms with Gasteiger partial charge < -0.3 is 9.88 Å². The van der Waals surface area contributed by atoms with Gasteiger partial charge in [0.05, 0.1) is 33.5 Å². The Morgan fingerprint density at radius 2 is 1.93 bits per heavy atom. The molecule has 3 heterocycles. The highest BCUT2D eigenvalue weighted by atomic mass is 35.5. The standard InChI is InChI=1S/C20H16ClN5O2S/c1-25-19(27)9-6-16(24-25)13-2-4-15(5-3-13)26-11-14(23-12-26)10-22-20(28)17-7-8-18(21)29-17/h2-9,11-12H,10H2,1H3,(H,22,28). The van der Waals surface area contributed by atoms with Crippen molar-refractivity contribution in [2.45, 2.75) is 6.54 Å². The molecule has 0 aliphatic rings. The number of imidazole rings is 1. The van der Waals surface area contributed by atoms with Crippen molar-refractivity contribution in [2.75, 3.05) is 0 Å². The van der Waals surface area contributed by atoms with Gasteiger partial charge in [-0.3, -0.25) is 9.59 Å². The van der Waals surface area contributed by atoms with Crippen LogP contribution in [0, 0.1) is 0 Å². The van der Waals surface area contributed by atoms with Crippen LogP contribution in [0.1, 0.15) is 15.4 Å². The second kappa shape index (κ2) is 8.02. The molecule has 0 aliphatic carbocycles. The molecule has 4 rings (SSSR count). The summed E-state index contributed by atoms with van der Waals surface area (Å²) in [4.78, 5) is 28.5. The van der Waals surface area contributed by atoms with Crippen LogP contribution in [0.3, 0.4) is 0 Å². The average molecular weight is 426 g/mol. The molecule has 7 nitrogen and oxygen atoms in total. The number of thiophene rings is 1. The first-order valence-corrected chi connectivity index (χ1v) is 9.90. The number of aromatic nitrogens is 4. The number of nitrogens with zero attached hydrogens (tertiary/aromatic N) is 4. The monoisotopic (exact) mass is 425 g/mol. The summed E-state index contributed by atoms with van der Waals surface area (Å²) in [6.07, 6.45) is 3.56. The van der Waals surface area contributed by atoms with Crippen LogP contribution in [0.4, 0.5) is 0 Å². The SMILES string of the molecule is Cn1nc(-c2ccc(-n3cnc(CNC(=O)c4ccc(Cl)s4)c3)cc2)ccc1=O. The van der Waals surface area contributed by atoms with E-state index in [1.165, 1.54) is 22.1 Å². The highest BCUT2D eigenvalue weighted by molar-refractivity contribution is 7.17. The van der Waals surface area contributed by atoms with E-state index < -0.39 is 0 Å². The summed E-state index contributed by atoms with van der Waals surface area (Å²) < 4.78 is 3.77. The van der Waals surface area contributed by atoms with E-state index in [1.807, 2.05) is 35.0 Å². The number of carbonyl (C=O) groups excluding carboxylic acids is 1. The van der Waals surface area contributed by atoms with Gasteiger partial charge in [-0.25, -0.2) is 9.67 Å². The minimum Gasteiger partial charge on any atom is -0.346 e. The van der Waals surface area contributed by atoms with Gasteiger partial charge in [-0.2, -0.15) is 5.10 Å². The Morgan fingerprint density at radius 3 is 2.62 bits per heavy atom. The van der Waals surface area contributed by atoms with Crippen molar-refractivity contribution in [3.63, 3.8) is 0 Å². The van der Waals surface area contributed by atoms with Gasteiger partial charge in [0.1, 0.15) is 0 Å². The van der Waals surface area contributed by atoms with E-state index in [0.717, 1.165) is 22.6 Å². The van der Waals surface area contributed by atoms with Gasteiger partial charge >= 0.3 is 0 Å². The van der Waals surface area contributed by atoms with Crippen LogP contribution in [0.2, 0.25) is 4.34 Å². The second-order valence-corrected chi connectivity index (χ2v) is 8.00. The van der Waals surface area contributed by atoms with E-state index >= 15 is 0 Å². The molecule has 0 fully saturated rings. The molecule has 1 N–H and O–H groups in total. The Kier molecular flexibility index (Phi) is 5.28. The van der Waals surface area contributed by atoms with Gasteiger partial charge in [0, 0.05) is 30.6 Å². The van der Waals surface area contributed by atoms with Gasteiger partial charge in [0.15, 0.2) is 0 Å². The van der Waals surface area contributed by atoms with E-state index in [2.05, 4.69) is 15.4 Å². The lowest BCUT2D eigenvalue weighted by atomic mass is 10.1. The Balaban J connectivity index is 1.44. The molecule has 1 amide bonds. The maximum atomic E-state index is 12.1. The minimum absolute atomic E-state index is 0.148. The maximum absolute atomic E-state index is 12.1. The number of hydrogen-bond acceptors (Lipinski definition) is 5. The van der Waals surface area contributed by atoms with Gasteiger partial charge in [-0.1, -0.05) is 23.7 Å². The lowest BCUT2D eigenvalue weighted by molar-refractivity contribution is 0.0954. The summed E-state index contributed by atoms with van der Waals surface area (Å²) in [5.41, 5.74) is 3.15. The fourth-order valence-electron chi connectivity index (χ4n) is 2.75. The number of aryl methyl sites for hydroxylation is 1. The predicted octanol–water partition coefficient (Wildman–Crippen LogP) is 3.28. The van der Waals surface area contributed by atoms with Gasteiger partial charge in [0.25, 0.3) is 11.5 Å². The van der Waals surface area contributed by atoms with Crippen LogP contribution < -0.4 is 10.9 Å². The van der Waals surface area contributed by atoms with Crippen molar-refractivity contribution in [1.29, 1.82) is 0 Å². The number of nitrogens with one attached hydrogen (secondary N) is 1. The molecule has 0 atom stereocenters. The zero-order valence-electron chi connectivity index (χ0n) is 15.4. The number of benzene rings is 1. The number of amides is 1. The van der Waals surface area contributed by atoms with E-state index in [4.69, 9.17) is 11.6 Å². The molecule has 0 radical (unpaired) electrons. The van der Waals surface area contributed by atoms with Gasteiger partial charge in [-0.05, 0) is 30.3 Å². The fraction of sp³-hybridized carbons (Fsp3) is 0.100. The summed E-state index contributed by atoms with van der Waals surface area (Å²) in [5.74, 6) is -0.175. The molecule has 9 heteroatoms. The zero-order valence-corrected chi connectivity index (χ0v) is 16.9. The molecule has 1 aromatic carbocycles. The van der Waals surface area contributed by atoms with Crippen LogP contribution in [0.15, 0.2) is 65.8 Å². The number of hydrogen-bond donors (Lipinski definition) is 1. The maximum Gasteiger partial charge on any atom is 0.266 e. The molecule has 3 aromatic heterocycles. The Morgan fingerprint density at radius 1 is 1.14 bits per heavy atom.